The number of carbonyl (C=O) groups is 1. The molecule has 0 radical (unpaired) electrons. The van der Waals surface area contributed by atoms with E-state index >= 15 is 0 Å². The van der Waals surface area contributed by atoms with Crippen LogP contribution in [0, 0.1) is 11.2 Å². The largest absolute Gasteiger partial charge is 0.494 e. The van der Waals surface area contributed by atoms with Gasteiger partial charge in [0, 0.05) is 40.4 Å². The molecule has 2 atom stereocenters. The van der Waals surface area contributed by atoms with Gasteiger partial charge in [-0.05, 0) is 88.5 Å². The number of piperidine rings is 1. The summed E-state index contributed by atoms with van der Waals surface area (Å²) in [6.07, 6.45) is 4.23. The topological polar surface area (TPSA) is 66.0 Å². The highest BCUT2D eigenvalue weighted by molar-refractivity contribution is 5.99. The molecular weight excluding hydrogens is 521 g/mol. The maximum atomic E-state index is 14.2. The van der Waals surface area contributed by atoms with E-state index in [-0.39, 0.29) is 18.4 Å². The summed E-state index contributed by atoms with van der Waals surface area (Å²) in [7, 11) is 0. The molecular formula is C34H36FNO5. The summed E-state index contributed by atoms with van der Waals surface area (Å²) in [4.78, 5) is 12.5. The smallest absolute Gasteiger partial charge is 0.316 e. The van der Waals surface area contributed by atoms with E-state index in [1.165, 1.54) is 31.4 Å². The van der Waals surface area contributed by atoms with Gasteiger partial charge in [-0.15, -0.1) is 0 Å². The highest BCUT2D eigenvalue weighted by Crippen LogP contribution is 2.51. The number of ether oxygens (including phenoxy) is 4. The second kappa shape index (κ2) is 11.2. The van der Waals surface area contributed by atoms with E-state index in [2.05, 4.69) is 5.32 Å². The van der Waals surface area contributed by atoms with Gasteiger partial charge in [-0.1, -0.05) is 18.6 Å². The van der Waals surface area contributed by atoms with Gasteiger partial charge in [-0.25, -0.2) is 4.39 Å². The summed E-state index contributed by atoms with van der Waals surface area (Å²) in [5.41, 5.74) is 3.85. The zero-order valence-corrected chi connectivity index (χ0v) is 23.8. The fourth-order valence-electron chi connectivity index (χ4n) is 5.57. The van der Waals surface area contributed by atoms with Gasteiger partial charge in [-0.3, -0.25) is 4.79 Å². The van der Waals surface area contributed by atoms with Crippen LogP contribution in [0.1, 0.15) is 69.2 Å². The molecule has 0 aromatic heterocycles. The standard InChI is InChI=1S/C34H36FNO5/c1-34(2,3)33(37)40-25-12-14-27-29(19-25)39-20-28-26-13-9-22(35)18-30(26)41-32(31(27)28)21-7-10-24(11-8-21)38-17-15-23-6-4-5-16-36-23/h7-14,18-19,23,32,36H,4-6,15-17,20H2,1-3H3. The Hall–Kier alpha value is -3.84. The lowest BCUT2D eigenvalue weighted by molar-refractivity contribution is -0.143. The lowest BCUT2D eigenvalue weighted by Gasteiger charge is -2.35. The van der Waals surface area contributed by atoms with Crippen LogP contribution in [0.3, 0.4) is 0 Å². The van der Waals surface area contributed by atoms with Crippen molar-refractivity contribution in [2.45, 2.75) is 58.6 Å². The summed E-state index contributed by atoms with van der Waals surface area (Å²) in [6.45, 7) is 7.48. The molecule has 3 aliphatic heterocycles. The first-order chi connectivity index (χ1) is 19.8. The first-order valence-electron chi connectivity index (χ1n) is 14.4. The SMILES string of the molecule is CC(C)(C)C(=O)Oc1ccc2c(c1)OCC1=C2C(c2ccc(OCCC3CCCCN3)cc2)Oc2cc(F)ccc21. The fraction of sp³-hybridized carbons (Fsp3) is 0.382. The van der Waals surface area contributed by atoms with Gasteiger partial charge in [0.2, 0.25) is 0 Å². The van der Waals surface area contributed by atoms with E-state index in [1.807, 2.05) is 51.1 Å². The summed E-state index contributed by atoms with van der Waals surface area (Å²) < 4.78 is 38.5. The number of hydrogen-bond donors (Lipinski definition) is 1. The van der Waals surface area contributed by atoms with Crippen molar-refractivity contribution in [1.82, 2.24) is 5.32 Å². The normalized spacial score (nSPS) is 19.7. The number of fused-ring (bicyclic) bond motifs is 4. The predicted molar refractivity (Wildman–Crippen MR) is 156 cm³/mol. The van der Waals surface area contributed by atoms with Gasteiger partial charge in [-0.2, -0.15) is 0 Å². The molecule has 1 fully saturated rings. The van der Waals surface area contributed by atoms with E-state index in [0.29, 0.717) is 29.9 Å². The Balaban J connectivity index is 1.28. The third-order valence-electron chi connectivity index (χ3n) is 7.87. The first-order valence-corrected chi connectivity index (χ1v) is 14.4. The van der Waals surface area contributed by atoms with Crippen LogP contribution in [0.5, 0.6) is 23.0 Å². The van der Waals surface area contributed by atoms with Crippen LogP contribution in [0.25, 0.3) is 11.1 Å². The molecule has 0 spiro atoms. The number of halogens is 1. The predicted octanol–water partition coefficient (Wildman–Crippen LogP) is 7.13. The molecule has 3 aromatic rings. The molecule has 2 unspecified atom stereocenters. The van der Waals surface area contributed by atoms with Gasteiger partial charge in [0.05, 0.1) is 12.0 Å². The monoisotopic (exact) mass is 557 g/mol. The average molecular weight is 558 g/mol. The van der Waals surface area contributed by atoms with Crippen molar-refractivity contribution >= 4 is 17.1 Å². The van der Waals surface area contributed by atoms with Crippen molar-refractivity contribution in [3.63, 3.8) is 0 Å². The van der Waals surface area contributed by atoms with Gasteiger partial charge >= 0.3 is 5.97 Å². The third kappa shape index (κ3) is 5.82. The van der Waals surface area contributed by atoms with Crippen LogP contribution >= 0.6 is 0 Å². The Kier molecular flexibility index (Phi) is 7.47. The van der Waals surface area contributed by atoms with Crippen molar-refractivity contribution in [3.05, 3.63) is 83.2 Å². The van der Waals surface area contributed by atoms with E-state index in [0.717, 1.165) is 46.6 Å². The minimum absolute atomic E-state index is 0.286. The molecule has 0 aliphatic carbocycles. The minimum Gasteiger partial charge on any atom is -0.494 e. The number of rotatable bonds is 6. The Morgan fingerprint density at radius 3 is 2.51 bits per heavy atom. The fourth-order valence-corrected chi connectivity index (χ4v) is 5.57. The molecule has 0 saturated carbocycles. The van der Waals surface area contributed by atoms with Crippen LogP contribution < -0.4 is 24.3 Å². The second-order valence-corrected chi connectivity index (χ2v) is 12.0. The first kappa shape index (κ1) is 27.3. The molecule has 3 heterocycles. The minimum atomic E-state index is -0.629. The zero-order valence-electron chi connectivity index (χ0n) is 23.8. The quantitative estimate of drug-likeness (QED) is 0.257. The lowest BCUT2D eigenvalue weighted by Crippen LogP contribution is -2.35. The molecule has 0 bridgehead atoms. The molecule has 1 N–H and O–H groups in total. The van der Waals surface area contributed by atoms with E-state index < -0.39 is 11.5 Å². The second-order valence-electron chi connectivity index (χ2n) is 12.0. The molecule has 214 valence electrons. The summed E-state index contributed by atoms with van der Waals surface area (Å²) in [6, 6.07) is 18.5. The molecule has 7 heteroatoms. The van der Waals surface area contributed by atoms with Crippen molar-refractivity contribution in [2.75, 3.05) is 19.8 Å². The zero-order chi connectivity index (χ0) is 28.6. The molecule has 3 aromatic carbocycles. The van der Waals surface area contributed by atoms with Gasteiger partial charge < -0.3 is 24.3 Å². The number of hydrogen-bond acceptors (Lipinski definition) is 6. The maximum Gasteiger partial charge on any atom is 0.316 e. The maximum absolute atomic E-state index is 14.2. The molecule has 0 amide bonds. The summed E-state index contributed by atoms with van der Waals surface area (Å²) in [5.74, 6) is 1.65. The number of esters is 1. The van der Waals surface area contributed by atoms with Gasteiger partial charge in [0.15, 0.2) is 6.10 Å². The molecule has 41 heavy (non-hydrogen) atoms. The van der Waals surface area contributed by atoms with Crippen LogP contribution in [0.2, 0.25) is 0 Å². The summed E-state index contributed by atoms with van der Waals surface area (Å²) >= 11 is 0. The van der Waals surface area contributed by atoms with E-state index in [9.17, 15) is 9.18 Å². The van der Waals surface area contributed by atoms with Crippen molar-refractivity contribution in [2.24, 2.45) is 5.41 Å². The Morgan fingerprint density at radius 1 is 0.976 bits per heavy atom. The number of carbonyl (C=O) groups excluding carboxylic acids is 1. The highest BCUT2D eigenvalue weighted by atomic mass is 19.1. The van der Waals surface area contributed by atoms with E-state index in [1.54, 1.807) is 18.2 Å². The van der Waals surface area contributed by atoms with Gasteiger partial charge in [0.1, 0.15) is 35.4 Å². The van der Waals surface area contributed by atoms with Gasteiger partial charge in [0.25, 0.3) is 0 Å². The van der Waals surface area contributed by atoms with Crippen molar-refractivity contribution in [3.8, 4) is 23.0 Å². The van der Waals surface area contributed by atoms with E-state index in [4.69, 9.17) is 18.9 Å². The van der Waals surface area contributed by atoms with Crippen molar-refractivity contribution in [1.29, 1.82) is 0 Å². The third-order valence-corrected chi connectivity index (χ3v) is 7.87. The van der Waals surface area contributed by atoms with Crippen molar-refractivity contribution < 1.29 is 28.1 Å². The van der Waals surface area contributed by atoms with Crippen LogP contribution in [-0.2, 0) is 4.79 Å². The van der Waals surface area contributed by atoms with Crippen LogP contribution in [0.4, 0.5) is 4.39 Å². The number of benzene rings is 3. The van der Waals surface area contributed by atoms with Crippen LogP contribution in [-0.4, -0.2) is 31.8 Å². The Morgan fingerprint density at radius 2 is 1.76 bits per heavy atom. The molecule has 3 aliphatic rings. The highest BCUT2D eigenvalue weighted by Gasteiger charge is 2.36. The molecule has 1 saturated heterocycles. The summed E-state index contributed by atoms with van der Waals surface area (Å²) in [5, 5.41) is 3.56. The Labute approximate surface area is 240 Å². The lowest BCUT2D eigenvalue weighted by atomic mass is 9.84. The Bertz CT molecular complexity index is 1470. The molecule has 6 nitrogen and oxygen atoms in total. The molecule has 6 rings (SSSR count). The van der Waals surface area contributed by atoms with Crippen LogP contribution in [0.15, 0.2) is 60.7 Å². The average Bonchev–Trinajstić information content (AvgIpc) is 2.96. The number of nitrogens with one attached hydrogen (secondary N) is 1.